The molecule has 0 saturated heterocycles. The quantitative estimate of drug-likeness (QED) is 0.902. The summed E-state index contributed by atoms with van der Waals surface area (Å²) in [6.07, 6.45) is 0.833. The molecule has 3 heteroatoms. The first-order valence-corrected chi connectivity index (χ1v) is 6.59. The van der Waals surface area contributed by atoms with Gasteiger partial charge in [-0.05, 0) is 42.7 Å². The van der Waals surface area contributed by atoms with E-state index in [0.29, 0.717) is 12.2 Å². The van der Waals surface area contributed by atoms with Crippen molar-refractivity contribution in [1.29, 1.82) is 0 Å². The van der Waals surface area contributed by atoms with Gasteiger partial charge in [0.1, 0.15) is 5.75 Å². The minimum atomic E-state index is -0.893. The number of aromatic carboxylic acids is 1. The van der Waals surface area contributed by atoms with Crippen molar-refractivity contribution >= 4 is 5.97 Å². The summed E-state index contributed by atoms with van der Waals surface area (Å²) in [7, 11) is 0. The fourth-order valence-corrected chi connectivity index (χ4v) is 2.28. The Labute approximate surface area is 118 Å². The first-order valence-electron chi connectivity index (χ1n) is 6.59. The lowest BCUT2D eigenvalue weighted by Gasteiger charge is -2.11. The maximum atomic E-state index is 11.1. The Bertz CT molecular complexity index is 580. The lowest BCUT2D eigenvalue weighted by atomic mass is 10.0. The molecule has 0 saturated carbocycles. The van der Waals surface area contributed by atoms with E-state index in [1.807, 2.05) is 18.2 Å². The van der Waals surface area contributed by atoms with Gasteiger partial charge >= 0.3 is 5.97 Å². The van der Waals surface area contributed by atoms with Crippen molar-refractivity contribution in [1.82, 2.24) is 0 Å². The molecule has 0 bridgehead atoms. The average molecular weight is 270 g/mol. The molecule has 0 aliphatic heterocycles. The smallest absolute Gasteiger partial charge is 0.336 e. The molecule has 2 aromatic carbocycles. The molecular weight excluding hydrogens is 252 g/mol. The van der Waals surface area contributed by atoms with E-state index in [0.717, 1.165) is 23.3 Å². The molecule has 0 unspecified atom stereocenters. The van der Waals surface area contributed by atoms with Gasteiger partial charge in [-0.2, -0.15) is 0 Å². The van der Waals surface area contributed by atoms with Crippen LogP contribution in [0.3, 0.4) is 0 Å². The monoisotopic (exact) mass is 270 g/mol. The summed E-state index contributed by atoms with van der Waals surface area (Å²) in [6, 6.07) is 13.7. The highest BCUT2D eigenvalue weighted by Gasteiger charge is 2.12. The predicted molar refractivity (Wildman–Crippen MR) is 78.5 cm³/mol. The van der Waals surface area contributed by atoms with E-state index in [4.69, 9.17) is 9.84 Å². The summed E-state index contributed by atoms with van der Waals surface area (Å²) in [5, 5.41) is 9.12. The molecule has 2 aromatic rings. The van der Waals surface area contributed by atoms with Crippen molar-refractivity contribution < 1.29 is 14.6 Å². The molecule has 0 spiro atoms. The molecular formula is C17H18O3. The van der Waals surface area contributed by atoms with E-state index in [1.165, 1.54) is 5.56 Å². The van der Waals surface area contributed by atoms with Gasteiger partial charge in [0.05, 0.1) is 12.2 Å². The molecule has 3 nitrogen and oxygen atoms in total. The predicted octanol–water partition coefficient (Wildman–Crippen LogP) is 3.62. The second kappa shape index (κ2) is 6.24. The fraction of sp³-hybridized carbons (Fsp3) is 0.235. The summed E-state index contributed by atoms with van der Waals surface area (Å²) in [4.78, 5) is 11.1. The Morgan fingerprint density at radius 3 is 2.25 bits per heavy atom. The normalized spacial score (nSPS) is 10.3. The molecule has 20 heavy (non-hydrogen) atoms. The molecule has 0 heterocycles. The van der Waals surface area contributed by atoms with E-state index in [2.05, 4.69) is 12.1 Å². The molecule has 2 rings (SSSR count). The van der Waals surface area contributed by atoms with Gasteiger partial charge in [-0.25, -0.2) is 4.79 Å². The summed E-state index contributed by atoms with van der Waals surface area (Å²) in [5.41, 5.74) is 3.04. The number of benzene rings is 2. The van der Waals surface area contributed by atoms with Crippen LogP contribution in [0.4, 0.5) is 0 Å². The third-order valence-electron chi connectivity index (χ3n) is 3.22. The van der Waals surface area contributed by atoms with E-state index < -0.39 is 5.97 Å². The minimum absolute atomic E-state index is 0.361. The zero-order valence-corrected chi connectivity index (χ0v) is 11.7. The van der Waals surface area contributed by atoms with Crippen molar-refractivity contribution in [2.24, 2.45) is 0 Å². The standard InChI is InChI=1S/C17H18O3/c1-12-10-15(11-13(2)16(12)17(18)19)20-9-8-14-6-4-3-5-7-14/h3-7,10-11H,8-9H2,1-2H3,(H,18,19). The number of carboxylic acid groups (broad SMARTS) is 1. The highest BCUT2D eigenvalue weighted by atomic mass is 16.5. The van der Waals surface area contributed by atoms with E-state index in [1.54, 1.807) is 26.0 Å². The summed E-state index contributed by atoms with van der Waals surface area (Å²) in [5.74, 6) is -0.170. The van der Waals surface area contributed by atoms with Crippen LogP contribution in [0.25, 0.3) is 0 Å². The molecule has 0 aliphatic carbocycles. The molecule has 104 valence electrons. The summed E-state index contributed by atoms with van der Waals surface area (Å²) < 4.78 is 5.71. The van der Waals surface area contributed by atoms with Gasteiger partial charge < -0.3 is 9.84 Å². The maximum absolute atomic E-state index is 11.1. The Balaban J connectivity index is 2.02. The van der Waals surface area contributed by atoms with Crippen LogP contribution in [-0.4, -0.2) is 17.7 Å². The molecule has 0 radical (unpaired) electrons. The number of rotatable bonds is 5. The largest absolute Gasteiger partial charge is 0.493 e. The maximum Gasteiger partial charge on any atom is 0.336 e. The number of ether oxygens (including phenoxy) is 1. The highest BCUT2D eigenvalue weighted by Crippen LogP contribution is 2.22. The van der Waals surface area contributed by atoms with Crippen LogP contribution in [0.5, 0.6) is 5.75 Å². The topological polar surface area (TPSA) is 46.5 Å². The van der Waals surface area contributed by atoms with Gasteiger partial charge in [0.25, 0.3) is 0 Å². The van der Waals surface area contributed by atoms with Gasteiger partial charge in [-0.1, -0.05) is 30.3 Å². The van der Waals surface area contributed by atoms with Gasteiger partial charge in [-0.15, -0.1) is 0 Å². The van der Waals surface area contributed by atoms with Crippen LogP contribution in [0.1, 0.15) is 27.0 Å². The van der Waals surface area contributed by atoms with E-state index in [-0.39, 0.29) is 0 Å². The Kier molecular flexibility index (Phi) is 4.41. The zero-order chi connectivity index (χ0) is 14.5. The molecule has 1 N–H and O–H groups in total. The van der Waals surface area contributed by atoms with Crippen molar-refractivity contribution in [2.75, 3.05) is 6.61 Å². The highest BCUT2D eigenvalue weighted by molar-refractivity contribution is 5.91. The fourth-order valence-electron chi connectivity index (χ4n) is 2.28. The number of carbonyl (C=O) groups is 1. The Morgan fingerprint density at radius 2 is 1.70 bits per heavy atom. The Hall–Kier alpha value is -2.29. The lowest BCUT2D eigenvalue weighted by Crippen LogP contribution is -2.06. The van der Waals surface area contributed by atoms with Gasteiger partial charge in [0.15, 0.2) is 0 Å². The van der Waals surface area contributed by atoms with Crippen LogP contribution < -0.4 is 4.74 Å². The van der Waals surface area contributed by atoms with Crippen molar-refractivity contribution in [3.8, 4) is 5.75 Å². The summed E-state index contributed by atoms with van der Waals surface area (Å²) in [6.45, 7) is 4.16. The molecule has 0 aromatic heterocycles. The number of aryl methyl sites for hydroxylation is 2. The SMILES string of the molecule is Cc1cc(OCCc2ccccc2)cc(C)c1C(=O)O. The number of hydrogen-bond donors (Lipinski definition) is 1. The van der Waals surface area contributed by atoms with Crippen molar-refractivity contribution in [3.05, 3.63) is 64.7 Å². The molecule has 0 atom stereocenters. The number of carboxylic acids is 1. The molecule has 0 amide bonds. The van der Waals surface area contributed by atoms with Crippen LogP contribution in [0, 0.1) is 13.8 Å². The first kappa shape index (κ1) is 14.1. The second-order valence-corrected chi connectivity index (χ2v) is 4.82. The molecule has 0 aliphatic rings. The van der Waals surface area contributed by atoms with E-state index in [9.17, 15) is 4.79 Å². The first-order chi connectivity index (χ1) is 9.58. The van der Waals surface area contributed by atoms with Crippen LogP contribution in [-0.2, 0) is 6.42 Å². The van der Waals surface area contributed by atoms with Crippen LogP contribution >= 0.6 is 0 Å². The Morgan fingerprint density at radius 1 is 1.10 bits per heavy atom. The zero-order valence-electron chi connectivity index (χ0n) is 11.7. The average Bonchev–Trinajstić information content (AvgIpc) is 2.38. The lowest BCUT2D eigenvalue weighted by molar-refractivity contribution is 0.0695. The van der Waals surface area contributed by atoms with Crippen molar-refractivity contribution in [3.63, 3.8) is 0 Å². The van der Waals surface area contributed by atoms with Crippen molar-refractivity contribution in [2.45, 2.75) is 20.3 Å². The van der Waals surface area contributed by atoms with Gasteiger partial charge in [0, 0.05) is 6.42 Å². The third-order valence-corrected chi connectivity index (χ3v) is 3.22. The molecule has 0 fully saturated rings. The summed E-state index contributed by atoms with van der Waals surface area (Å²) >= 11 is 0. The second-order valence-electron chi connectivity index (χ2n) is 4.82. The van der Waals surface area contributed by atoms with Gasteiger partial charge in [-0.3, -0.25) is 0 Å². The third kappa shape index (κ3) is 3.38. The number of hydrogen-bond acceptors (Lipinski definition) is 2. The van der Waals surface area contributed by atoms with E-state index >= 15 is 0 Å². The van der Waals surface area contributed by atoms with Crippen LogP contribution in [0.2, 0.25) is 0 Å². The van der Waals surface area contributed by atoms with Gasteiger partial charge in [0.2, 0.25) is 0 Å². The minimum Gasteiger partial charge on any atom is -0.493 e. The van der Waals surface area contributed by atoms with Crippen LogP contribution in [0.15, 0.2) is 42.5 Å².